The van der Waals surface area contributed by atoms with Gasteiger partial charge in [0.05, 0.1) is 6.04 Å². The van der Waals surface area contributed by atoms with E-state index in [1.807, 2.05) is 11.6 Å². The number of hydrogen-bond donors (Lipinski definition) is 1. The SMILES string of the molecule is CCC(Nc1ccc2c(n1)CCC2)c1nccs1. The van der Waals surface area contributed by atoms with E-state index < -0.39 is 0 Å². The van der Waals surface area contributed by atoms with Gasteiger partial charge in [0.25, 0.3) is 0 Å². The van der Waals surface area contributed by atoms with Crippen molar-refractivity contribution < 1.29 is 0 Å². The molecule has 0 amide bonds. The number of fused-ring (bicyclic) bond motifs is 1. The maximum absolute atomic E-state index is 4.72. The fourth-order valence-electron chi connectivity index (χ4n) is 2.42. The molecule has 4 heteroatoms. The van der Waals surface area contributed by atoms with Crippen LogP contribution >= 0.6 is 11.3 Å². The van der Waals surface area contributed by atoms with Gasteiger partial charge in [-0.15, -0.1) is 11.3 Å². The van der Waals surface area contributed by atoms with E-state index in [1.165, 1.54) is 24.1 Å². The predicted octanol–water partition coefficient (Wildman–Crippen LogP) is 3.59. The van der Waals surface area contributed by atoms with Crippen molar-refractivity contribution in [1.82, 2.24) is 9.97 Å². The summed E-state index contributed by atoms with van der Waals surface area (Å²) in [6, 6.07) is 4.59. The first-order valence-corrected chi connectivity index (χ1v) is 7.39. The number of rotatable bonds is 4. The van der Waals surface area contributed by atoms with Crippen LogP contribution in [0.15, 0.2) is 23.7 Å². The van der Waals surface area contributed by atoms with Gasteiger partial charge in [0.2, 0.25) is 0 Å². The zero-order chi connectivity index (χ0) is 12.4. The van der Waals surface area contributed by atoms with Gasteiger partial charge in [-0.05, 0) is 37.3 Å². The monoisotopic (exact) mass is 259 g/mol. The molecule has 94 valence electrons. The van der Waals surface area contributed by atoms with Crippen molar-refractivity contribution in [3.05, 3.63) is 40.0 Å². The second-order valence-corrected chi connectivity index (χ2v) is 5.56. The van der Waals surface area contributed by atoms with E-state index in [0.29, 0.717) is 0 Å². The van der Waals surface area contributed by atoms with Crippen molar-refractivity contribution in [3.63, 3.8) is 0 Å². The van der Waals surface area contributed by atoms with Gasteiger partial charge < -0.3 is 5.32 Å². The quantitative estimate of drug-likeness (QED) is 0.911. The molecule has 2 aromatic heterocycles. The molecule has 0 spiro atoms. The summed E-state index contributed by atoms with van der Waals surface area (Å²) in [5.41, 5.74) is 2.69. The highest BCUT2D eigenvalue weighted by Gasteiger charge is 2.15. The molecule has 3 nitrogen and oxygen atoms in total. The highest BCUT2D eigenvalue weighted by Crippen LogP contribution is 2.26. The van der Waals surface area contributed by atoms with Crippen LogP contribution in [0.2, 0.25) is 0 Å². The summed E-state index contributed by atoms with van der Waals surface area (Å²) < 4.78 is 0. The van der Waals surface area contributed by atoms with Crippen LogP contribution in [0.5, 0.6) is 0 Å². The Morgan fingerprint density at radius 2 is 2.33 bits per heavy atom. The van der Waals surface area contributed by atoms with Crippen LogP contribution < -0.4 is 5.32 Å². The van der Waals surface area contributed by atoms with Gasteiger partial charge in [0.15, 0.2) is 0 Å². The highest BCUT2D eigenvalue weighted by atomic mass is 32.1. The Kier molecular flexibility index (Phi) is 3.28. The van der Waals surface area contributed by atoms with E-state index >= 15 is 0 Å². The highest BCUT2D eigenvalue weighted by molar-refractivity contribution is 7.09. The van der Waals surface area contributed by atoms with Crippen molar-refractivity contribution in [2.75, 3.05) is 5.32 Å². The molecule has 0 bridgehead atoms. The Morgan fingerprint density at radius 3 is 3.11 bits per heavy atom. The van der Waals surface area contributed by atoms with Crippen LogP contribution in [0.25, 0.3) is 0 Å². The summed E-state index contributed by atoms with van der Waals surface area (Å²) in [5.74, 6) is 0.984. The number of nitrogens with zero attached hydrogens (tertiary/aromatic N) is 2. The first-order chi connectivity index (χ1) is 8.86. The molecular formula is C14H17N3S. The summed E-state index contributed by atoms with van der Waals surface area (Å²) >= 11 is 1.70. The summed E-state index contributed by atoms with van der Waals surface area (Å²) in [6.45, 7) is 2.17. The molecule has 1 atom stereocenters. The molecule has 0 aliphatic heterocycles. The number of nitrogens with one attached hydrogen (secondary N) is 1. The Hall–Kier alpha value is -1.42. The van der Waals surface area contributed by atoms with Crippen LogP contribution in [0.4, 0.5) is 5.82 Å². The van der Waals surface area contributed by atoms with Crippen LogP contribution in [-0.4, -0.2) is 9.97 Å². The van der Waals surface area contributed by atoms with Crippen molar-refractivity contribution >= 4 is 17.2 Å². The van der Waals surface area contributed by atoms with Gasteiger partial charge in [0.1, 0.15) is 10.8 Å². The first kappa shape index (κ1) is 11.7. The number of thiazole rings is 1. The minimum absolute atomic E-state index is 0.275. The maximum atomic E-state index is 4.72. The molecule has 1 aliphatic carbocycles. The van der Waals surface area contributed by atoms with Gasteiger partial charge in [-0.1, -0.05) is 13.0 Å². The summed E-state index contributed by atoms with van der Waals surface area (Å²) in [5, 5.41) is 6.66. The van der Waals surface area contributed by atoms with E-state index in [-0.39, 0.29) is 6.04 Å². The number of anilines is 1. The van der Waals surface area contributed by atoms with Crippen molar-refractivity contribution in [1.29, 1.82) is 0 Å². The third-order valence-corrected chi connectivity index (χ3v) is 4.30. The van der Waals surface area contributed by atoms with E-state index in [0.717, 1.165) is 23.7 Å². The largest absolute Gasteiger partial charge is 0.361 e. The lowest BCUT2D eigenvalue weighted by Crippen LogP contribution is -2.11. The molecule has 0 aromatic carbocycles. The molecule has 1 N–H and O–H groups in total. The Bertz CT molecular complexity index is 522. The number of hydrogen-bond acceptors (Lipinski definition) is 4. The number of aryl methyl sites for hydroxylation is 2. The van der Waals surface area contributed by atoms with Crippen LogP contribution in [0.1, 0.15) is 42.1 Å². The fourth-order valence-corrected chi connectivity index (χ4v) is 3.20. The summed E-state index contributed by atoms with van der Waals surface area (Å²) in [7, 11) is 0. The van der Waals surface area contributed by atoms with E-state index in [9.17, 15) is 0 Å². The van der Waals surface area contributed by atoms with Gasteiger partial charge in [-0.3, -0.25) is 0 Å². The normalized spacial score (nSPS) is 15.4. The maximum Gasteiger partial charge on any atom is 0.126 e. The Labute approximate surface area is 111 Å². The second kappa shape index (κ2) is 5.06. The Balaban J connectivity index is 1.79. The molecule has 0 saturated heterocycles. The van der Waals surface area contributed by atoms with Gasteiger partial charge in [0, 0.05) is 17.3 Å². The third-order valence-electron chi connectivity index (χ3n) is 3.41. The molecular weight excluding hydrogens is 242 g/mol. The van der Waals surface area contributed by atoms with Gasteiger partial charge >= 0.3 is 0 Å². The Morgan fingerprint density at radius 1 is 1.39 bits per heavy atom. The number of pyridine rings is 1. The van der Waals surface area contributed by atoms with E-state index in [2.05, 4.69) is 29.4 Å². The molecule has 2 heterocycles. The molecule has 3 rings (SSSR count). The van der Waals surface area contributed by atoms with Crippen molar-refractivity contribution in [2.24, 2.45) is 0 Å². The van der Waals surface area contributed by atoms with Crippen molar-refractivity contribution in [2.45, 2.75) is 38.6 Å². The molecule has 1 aliphatic rings. The summed E-state index contributed by atoms with van der Waals surface area (Å²) in [4.78, 5) is 9.10. The minimum atomic E-state index is 0.275. The molecule has 0 radical (unpaired) electrons. The minimum Gasteiger partial charge on any atom is -0.361 e. The van der Waals surface area contributed by atoms with Crippen molar-refractivity contribution in [3.8, 4) is 0 Å². The van der Waals surface area contributed by atoms with Crippen LogP contribution in [0, 0.1) is 0 Å². The van der Waals surface area contributed by atoms with Gasteiger partial charge in [-0.2, -0.15) is 0 Å². The van der Waals surface area contributed by atoms with E-state index in [1.54, 1.807) is 11.3 Å². The first-order valence-electron chi connectivity index (χ1n) is 6.51. The average Bonchev–Trinajstić information content (AvgIpc) is 3.06. The zero-order valence-corrected chi connectivity index (χ0v) is 11.3. The lowest BCUT2D eigenvalue weighted by Gasteiger charge is -2.15. The predicted molar refractivity (Wildman–Crippen MR) is 75.0 cm³/mol. The lowest BCUT2D eigenvalue weighted by molar-refractivity contribution is 0.736. The average molecular weight is 259 g/mol. The van der Waals surface area contributed by atoms with Crippen LogP contribution in [-0.2, 0) is 12.8 Å². The fraction of sp³-hybridized carbons (Fsp3) is 0.429. The zero-order valence-electron chi connectivity index (χ0n) is 10.5. The molecule has 0 saturated carbocycles. The smallest absolute Gasteiger partial charge is 0.126 e. The second-order valence-electron chi connectivity index (χ2n) is 4.63. The number of aromatic nitrogens is 2. The standard InChI is InChI=1S/C14H17N3S/c1-2-11(14-15-8-9-18-14)16-13-7-6-10-4-3-5-12(10)17-13/h6-9,11H,2-5H2,1H3,(H,16,17). The third kappa shape index (κ3) is 2.25. The molecule has 0 fully saturated rings. The summed E-state index contributed by atoms with van der Waals surface area (Å²) in [6.07, 6.45) is 6.44. The molecule has 1 unspecified atom stereocenters. The molecule has 18 heavy (non-hydrogen) atoms. The topological polar surface area (TPSA) is 37.8 Å². The van der Waals surface area contributed by atoms with Crippen LogP contribution in [0.3, 0.4) is 0 Å². The molecule has 2 aromatic rings. The van der Waals surface area contributed by atoms with Gasteiger partial charge in [-0.25, -0.2) is 9.97 Å². The van der Waals surface area contributed by atoms with E-state index in [4.69, 9.17) is 4.98 Å². The lowest BCUT2D eigenvalue weighted by atomic mass is 10.2.